The first-order valence-electron chi connectivity index (χ1n) is 42.3. The van der Waals surface area contributed by atoms with Gasteiger partial charge in [-0.25, -0.2) is 64.3 Å². The van der Waals surface area contributed by atoms with Crippen LogP contribution in [0.25, 0.3) is 33.6 Å². The number of anilines is 3. The van der Waals surface area contributed by atoms with Crippen LogP contribution in [-0.4, -0.2) is 140 Å². The third kappa shape index (κ3) is 23.8. The van der Waals surface area contributed by atoms with Gasteiger partial charge in [-0.1, -0.05) is 105 Å². The summed E-state index contributed by atoms with van der Waals surface area (Å²) in [6, 6.07) is 43.0. The van der Waals surface area contributed by atoms with Crippen LogP contribution in [0.5, 0.6) is 0 Å². The molecule has 0 bridgehead atoms. The molecule has 20 nitrogen and oxygen atoms in total. The summed E-state index contributed by atoms with van der Waals surface area (Å²) >= 11 is 4.96. The smallest absolute Gasteiger partial charge is 0.240 e. The number of sulfonamides is 3. The minimum absolute atomic E-state index is 0.00739. The zero-order valence-electron chi connectivity index (χ0n) is 67.6. The van der Waals surface area contributed by atoms with Gasteiger partial charge in [0.15, 0.2) is 21.2 Å². The Labute approximate surface area is 696 Å². The summed E-state index contributed by atoms with van der Waals surface area (Å²) in [5, 5.41) is 2.10. The predicted molar refractivity (Wildman–Crippen MR) is 471 cm³/mol. The van der Waals surface area contributed by atoms with Gasteiger partial charge in [0.05, 0.1) is 31.8 Å². The van der Waals surface area contributed by atoms with E-state index in [1.54, 1.807) is 101 Å². The summed E-state index contributed by atoms with van der Waals surface area (Å²) in [6.07, 6.45) is 32.1. The molecule has 3 fully saturated rings. The van der Waals surface area contributed by atoms with Crippen molar-refractivity contribution >= 4 is 79.5 Å². The molecule has 4 aromatic heterocycles. The maximum atomic E-state index is 13.1. The van der Waals surface area contributed by atoms with Gasteiger partial charge >= 0.3 is 0 Å². The summed E-state index contributed by atoms with van der Waals surface area (Å²) in [4.78, 5) is 35.3. The highest BCUT2D eigenvalue weighted by atomic mass is 32.2. The van der Waals surface area contributed by atoms with Gasteiger partial charge in [0, 0.05) is 88.1 Å². The molecular formula is C89H120N14O6S6. The number of aromatic nitrogens is 5. The van der Waals surface area contributed by atoms with Gasteiger partial charge < -0.3 is 17.2 Å². The van der Waals surface area contributed by atoms with Gasteiger partial charge in [0.1, 0.15) is 0 Å². The third-order valence-electron chi connectivity index (χ3n) is 24.7. The molecule has 9 N–H and O–H groups in total. The Bertz CT molecular complexity index is 4670. The second-order valence-corrected chi connectivity index (χ2v) is 41.3. The zero-order chi connectivity index (χ0) is 80.5. The fraction of sp³-hybridized carbons (Fsp3) is 0.517. The quantitative estimate of drug-likeness (QED) is 0.0244. The molecule has 0 spiro atoms. The summed E-state index contributed by atoms with van der Waals surface area (Å²) in [6.45, 7) is 15.5. The second kappa shape index (κ2) is 40.7. The number of nitrogen functional groups attached to an aromatic ring is 3. The van der Waals surface area contributed by atoms with Gasteiger partial charge in [-0.05, 0) is 295 Å². The maximum Gasteiger partial charge on any atom is 0.240 e. The lowest BCUT2D eigenvalue weighted by molar-refractivity contribution is 0.158. The van der Waals surface area contributed by atoms with E-state index in [-0.39, 0.29) is 23.0 Å². The molecule has 9 aromatic rings. The Morgan fingerprint density at radius 1 is 0.365 bits per heavy atom. The molecule has 3 unspecified atom stereocenters. The predicted octanol–water partition coefficient (Wildman–Crippen LogP) is 16.8. The van der Waals surface area contributed by atoms with Crippen molar-refractivity contribution in [2.24, 2.45) is 17.8 Å². The van der Waals surface area contributed by atoms with Gasteiger partial charge in [-0.2, -0.15) is 0 Å². The van der Waals surface area contributed by atoms with Crippen LogP contribution in [0.1, 0.15) is 193 Å². The van der Waals surface area contributed by atoms with Crippen molar-refractivity contribution in [2.75, 3.05) is 56.5 Å². The van der Waals surface area contributed by atoms with Crippen molar-refractivity contribution in [1.29, 1.82) is 0 Å². The van der Waals surface area contributed by atoms with Crippen molar-refractivity contribution in [3.8, 4) is 33.6 Å². The SMILES string of the molecule is CCCN(CCC1CCC(NS(=O)(=O)c2ccc(-c3ccc(C)cc3)cc2)CC1)C1CCc2sc(N)nc2C1.CCCN(CCC1CCC(NS(=O)(=O)c2ccc(-c3ccccc3)cc2)CC1)C1CCc2sc(N)nc2C1.CCCN(CCC1CCC(NS(=O)(=O)c2ccc(-c3ncccn3)cc2)CC1)C1CCc2sc(N)nc2C1. The van der Waals surface area contributed by atoms with E-state index in [0.717, 1.165) is 202 Å². The van der Waals surface area contributed by atoms with E-state index in [4.69, 9.17) is 17.2 Å². The van der Waals surface area contributed by atoms with Crippen molar-refractivity contribution in [3.05, 3.63) is 183 Å². The van der Waals surface area contributed by atoms with E-state index in [1.807, 2.05) is 54.6 Å². The summed E-state index contributed by atoms with van der Waals surface area (Å²) in [7, 11) is -10.6. The van der Waals surface area contributed by atoms with E-state index < -0.39 is 30.1 Å². The molecule has 0 saturated heterocycles. The number of benzene rings is 5. The Hall–Kier alpha value is -6.92. The molecule has 115 heavy (non-hydrogen) atoms. The number of rotatable bonds is 30. The lowest BCUT2D eigenvalue weighted by Gasteiger charge is -2.36. The standard InChI is InChI=1S/C31H42N4O2S2.C30H40N4O2S2.C28H38N6O2S2/c1-3-19-35(27-14-17-30-29(21-27)33-31(32)38-30)20-18-23-6-12-26(13-7-23)34-39(36,37)28-15-10-25(11-16-28)24-8-4-22(2)5-9-24;1-2-19-34(26-14-17-29-28(21-26)32-30(31)37-29)20-18-22-8-12-25(13-9-22)33-38(35,36)27-15-10-24(11-16-27)23-6-4-3-5-7-23;1-2-17-34(23-10-13-26-25(19-23)32-28(29)37-26)18-14-20-4-8-22(9-5-20)33-38(35,36)24-11-6-21(7-12-24)27-30-15-3-16-31-27/h4-5,8-11,15-16,23,26-27,34H,3,6-7,12-14,17-21H2,1-2H3,(H2,32,33);3-7,10-11,15-16,22,25-26,33H,2,8-9,12-14,17-21H2,1H3,(H2,31,32);3,6-7,11-12,15-16,20,22-23,33H,2,4-5,8-10,13-14,17-19H2,1H3,(H2,29,32). The highest BCUT2D eigenvalue weighted by Crippen LogP contribution is 2.38. The highest BCUT2D eigenvalue weighted by molar-refractivity contribution is 7.90. The normalized spacial score (nSPS) is 21.8. The number of hydrogen-bond acceptors (Lipinski definition) is 20. The first-order chi connectivity index (χ1) is 55.6. The van der Waals surface area contributed by atoms with Crippen molar-refractivity contribution < 1.29 is 25.3 Å². The molecule has 3 saturated carbocycles. The Kier molecular flexibility index (Phi) is 30.4. The minimum Gasteiger partial charge on any atom is -0.375 e. The van der Waals surface area contributed by atoms with E-state index in [1.165, 1.54) is 75.8 Å². The van der Waals surface area contributed by atoms with Crippen LogP contribution >= 0.6 is 34.0 Å². The number of thiazole rings is 3. The number of nitrogens with two attached hydrogens (primary N) is 3. The average molecular weight is 1670 g/mol. The zero-order valence-corrected chi connectivity index (χ0v) is 72.5. The highest BCUT2D eigenvalue weighted by Gasteiger charge is 2.34. The van der Waals surface area contributed by atoms with Crippen molar-refractivity contribution in [1.82, 2.24) is 53.8 Å². The molecule has 3 atom stereocenters. The van der Waals surface area contributed by atoms with Gasteiger partial charge in [0.25, 0.3) is 0 Å². The molecule has 618 valence electrons. The van der Waals surface area contributed by atoms with E-state index in [2.05, 4.69) is 106 Å². The Morgan fingerprint density at radius 3 is 0.974 bits per heavy atom. The van der Waals surface area contributed by atoms with Crippen molar-refractivity contribution in [2.45, 2.75) is 252 Å². The molecule has 5 aromatic carbocycles. The van der Waals surface area contributed by atoms with E-state index in [9.17, 15) is 25.3 Å². The fourth-order valence-corrected chi connectivity index (χ4v) is 24.8. The topological polar surface area (TPSA) is 291 Å². The monoisotopic (exact) mass is 1670 g/mol. The fourth-order valence-electron chi connectivity index (χ4n) is 18.2. The van der Waals surface area contributed by atoms with Gasteiger partial charge in [-0.3, -0.25) is 14.7 Å². The van der Waals surface area contributed by atoms with Crippen LogP contribution in [0.4, 0.5) is 15.4 Å². The molecule has 0 amide bonds. The Morgan fingerprint density at radius 2 is 0.661 bits per heavy atom. The molecular weight excluding hydrogens is 1550 g/mol. The van der Waals surface area contributed by atoms with Crippen LogP contribution < -0.4 is 31.4 Å². The maximum absolute atomic E-state index is 13.1. The van der Waals surface area contributed by atoms with Crippen molar-refractivity contribution in [3.63, 3.8) is 0 Å². The van der Waals surface area contributed by atoms with Crippen LogP contribution in [0, 0.1) is 24.7 Å². The third-order valence-corrected chi connectivity index (χ3v) is 32.2. The minimum atomic E-state index is -3.56. The summed E-state index contributed by atoms with van der Waals surface area (Å²) < 4.78 is 87.3. The Balaban J connectivity index is 0.000000150. The first-order valence-corrected chi connectivity index (χ1v) is 49.2. The number of fused-ring (bicyclic) bond motifs is 3. The molecule has 15 rings (SSSR count). The lowest BCUT2D eigenvalue weighted by Crippen LogP contribution is -2.41. The molecule has 6 aliphatic rings. The summed E-state index contributed by atoms with van der Waals surface area (Å²) in [5.41, 5.74) is 27.7. The van der Waals surface area contributed by atoms with Crippen LogP contribution in [0.15, 0.2) is 161 Å². The summed E-state index contributed by atoms with van der Waals surface area (Å²) in [5.74, 6) is 2.55. The lowest BCUT2D eigenvalue weighted by atomic mass is 9.84. The van der Waals surface area contributed by atoms with Gasteiger partial charge in [0.2, 0.25) is 30.1 Å². The van der Waals surface area contributed by atoms with E-state index in [0.29, 0.717) is 66.9 Å². The molecule has 0 aliphatic heterocycles. The second-order valence-electron chi connectivity index (χ2n) is 32.8. The largest absolute Gasteiger partial charge is 0.375 e. The first kappa shape index (κ1) is 85.9. The van der Waals surface area contributed by atoms with E-state index >= 15 is 0 Å². The number of aryl methyl sites for hydroxylation is 4. The number of hydrogen-bond donors (Lipinski definition) is 6. The number of nitrogens with one attached hydrogen (secondary N) is 3. The van der Waals surface area contributed by atoms with Crippen LogP contribution in [-0.2, 0) is 68.6 Å². The molecule has 26 heteroatoms. The van der Waals surface area contributed by atoms with Crippen LogP contribution in [0.3, 0.4) is 0 Å². The van der Waals surface area contributed by atoms with Crippen LogP contribution in [0.2, 0.25) is 0 Å². The molecule has 6 aliphatic carbocycles. The average Bonchev–Trinajstić information content (AvgIpc) is 1.42. The van der Waals surface area contributed by atoms with Gasteiger partial charge in [-0.15, -0.1) is 34.0 Å². The molecule has 0 radical (unpaired) electrons. The number of nitrogens with zero attached hydrogens (tertiary/aromatic N) is 8. The molecule has 4 heterocycles.